The number of hydrogen-bond donors (Lipinski definition) is 0. The van der Waals surface area contributed by atoms with Crippen molar-refractivity contribution in [3.8, 4) is 33.8 Å². The van der Waals surface area contributed by atoms with E-state index in [0.29, 0.717) is 0 Å². The lowest BCUT2D eigenvalue weighted by atomic mass is 10.0. The molecule has 0 atom stereocenters. The molecule has 0 bridgehead atoms. The number of rotatable bonds is 2. The Kier molecular flexibility index (Phi) is 2.97. The second kappa shape index (κ2) is 5.11. The lowest BCUT2D eigenvalue weighted by Crippen LogP contribution is -1.80. The predicted molar refractivity (Wildman–Crippen MR) is 86.5 cm³/mol. The lowest BCUT2D eigenvalue weighted by molar-refractivity contribution is 0.427. The van der Waals surface area contributed by atoms with Crippen molar-refractivity contribution in [1.82, 2.24) is 10.1 Å². The Morgan fingerprint density at radius 2 is 1.59 bits per heavy atom. The zero-order valence-electron chi connectivity index (χ0n) is 12.2. The van der Waals surface area contributed by atoms with Gasteiger partial charge in [0.2, 0.25) is 0 Å². The van der Waals surface area contributed by atoms with Crippen LogP contribution in [0.5, 0.6) is 0 Å². The van der Waals surface area contributed by atoms with Gasteiger partial charge in [-0.05, 0) is 13.0 Å². The van der Waals surface area contributed by atoms with Gasteiger partial charge in [-0.2, -0.15) is 0 Å². The van der Waals surface area contributed by atoms with Gasteiger partial charge in [0.05, 0.1) is 22.6 Å². The number of hydrogen-bond acceptors (Lipinski definition) is 3. The summed E-state index contributed by atoms with van der Waals surface area (Å²) in [4.78, 5) is 4.82. The topological polar surface area (TPSA) is 38.9 Å². The van der Waals surface area contributed by atoms with E-state index < -0.39 is 0 Å². The highest BCUT2D eigenvalue weighted by molar-refractivity contribution is 5.93. The maximum atomic E-state index is 5.52. The molecule has 0 saturated carbocycles. The van der Waals surface area contributed by atoms with E-state index in [1.807, 2.05) is 55.5 Å². The van der Waals surface area contributed by atoms with Crippen molar-refractivity contribution in [3.05, 3.63) is 72.4 Å². The second-order valence-corrected chi connectivity index (χ2v) is 5.24. The first-order chi connectivity index (χ1) is 10.8. The van der Waals surface area contributed by atoms with Crippen LogP contribution in [-0.2, 0) is 0 Å². The van der Waals surface area contributed by atoms with Gasteiger partial charge in [-0.3, -0.25) is 0 Å². The maximum absolute atomic E-state index is 5.52. The average Bonchev–Trinajstić information content (AvgIpc) is 3.04. The summed E-state index contributed by atoms with van der Waals surface area (Å²) in [6.45, 7) is 1.92. The Bertz CT molecular complexity index is 896. The molecule has 0 N–H and O–H groups in total. The van der Waals surface area contributed by atoms with E-state index in [1.54, 1.807) is 0 Å². The van der Waals surface area contributed by atoms with Crippen LogP contribution in [0.15, 0.2) is 71.3 Å². The van der Waals surface area contributed by atoms with Crippen molar-refractivity contribution in [2.75, 3.05) is 0 Å². The molecular formula is C19H14N2O. The summed E-state index contributed by atoms with van der Waals surface area (Å²) in [6, 6.07) is 22.2. The van der Waals surface area contributed by atoms with Crippen molar-refractivity contribution >= 4 is 0 Å². The molecule has 0 radical (unpaired) electrons. The van der Waals surface area contributed by atoms with Crippen LogP contribution in [-0.4, -0.2) is 10.1 Å². The molecule has 106 valence electrons. The van der Waals surface area contributed by atoms with Crippen molar-refractivity contribution in [3.63, 3.8) is 0 Å². The van der Waals surface area contributed by atoms with Crippen LogP contribution in [0.1, 0.15) is 5.69 Å². The van der Waals surface area contributed by atoms with Crippen LogP contribution in [0.3, 0.4) is 0 Å². The smallest absolute Gasteiger partial charge is 0.169 e. The highest BCUT2D eigenvalue weighted by atomic mass is 16.5. The van der Waals surface area contributed by atoms with E-state index in [4.69, 9.17) is 9.51 Å². The van der Waals surface area contributed by atoms with Crippen LogP contribution < -0.4 is 0 Å². The van der Waals surface area contributed by atoms with Gasteiger partial charge in [-0.15, -0.1) is 0 Å². The minimum Gasteiger partial charge on any atom is -0.356 e. The molecule has 3 heteroatoms. The molecule has 0 amide bonds. The zero-order chi connectivity index (χ0) is 14.9. The lowest BCUT2D eigenvalue weighted by Gasteiger charge is -2.01. The third-order valence-corrected chi connectivity index (χ3v) is 3.68. The summed E-state index contributed by atoms with van der Waals surface area (Å²) in [5.41, 5.74) is 5.89. The van der Waals surface area contributed by atoms with E-state index in [2.05, 4.69) is 23.4 Å². The fourth-order valence-electron chi connectivity index (χ4n) is 2.69. The van der Waals surface area contributed by atoms with E-state index in [9.17, 15) is 0 Å². The van der Waals surface area contributed by atoms with Gasteiger partial charge < -0.3 is 4.52 Å². The van der Waals surface area contributed by atoms with Crippen molar-refractivity contribution in [2.45, 2.75) is 6.92 Å². The number of aromatic nitrogens is 2. The quantitative estimate of drug-likeness (QED) is 0.530. The maximum Gasteiger partial charge on any atom is 0.169 e. The molecule has 2 aliphatic rings. The molecule has 0 spiro atoms. The fourth-order valence-corrected chi connectivity index (χ4v) is 2.69. The molecule has 0 saturated heterocycles. The first kappa shape index (κ1) is 12.8. The van der Waals surface area contributed by atoms with Crippen molar-refractivity contribution < 1.29 is 4.52 Å². The highest BCUT2D eigenvalue weighted by Crippen LogP contribution is 2.41. The van der Waals surface area contributed by atoms with Crippen molar-refractivity contribution in [1.29, 1.82) is 0 Å². The summed E-state index contributed by atoms with van der Waals surface area (Å²) in [5.74, 6) is 0.755. The van der Waals surface area contributed by atoms with E-state index in [0.717, 1.165) is 39.5 Å². The third kappa shape index (κ3) is 2.07. The molecule has 1 aromatic carbocycles. The molecule has 1 aliphatic heterocycles. The fraction of sp³-hybridized carbons (Fsp3) is 0.0526. The zero-order valence-corrected chi connectivity index (χ0v) is 12.2. The standard InChI is InChI=1S/C19H14N2O/c1-13-12-17(22-21-13)18-15-10-6-3-7-11-16(15)20-19(18)14-8-4-2-5-9-14/h2-12H,1H3. The predicted octanol–water partition coefficient (Wildman–Crippen LogP) is 4.82. The number of benzene rings is 1. The van der Waals surface area contributed by atoms with E-state index >= 15 is 0 Å². The largest absolute Gasteiger partial charge is 0.356 e. The minimum absolute atomic E-state index is 0.755. The minimum atomic E-state index is 0.755. The summed E-state index contributed by atoms with van der Waals surface area (Å²) >= 11 is 0. The van der Waals surface area contributed by atoms with Gasteiger partial charge in [0.1, 0.15) is 0 Å². The number of fused-ring (bicyclic) bond motifs is 1. The summed E-state index contributed by atoms with van der Waals surface area (Å²) in [7, 11) is 0. The molecule has 1 aliphatic carbocycles. The van der Waals surface area contributed by atoms with Gasteiger partial charge in [0.25, 0.3) is 0 Å². The average molecular weight is 286 g/mol. The summed E-state index contributed by atoms with van der Waals surface area (Å²) in [5, 5.41) is 4.03. The second-order valence-electron chi connectivity index (χ2n) is 5.24. The Hall–Kier alpha value is -2.94. The Balaban J connectivity index is 2.05. The monoisotopic (exact) mass is 286 g/mol. The Morgan fingerprint density at radius 1 is 0.864 bits per heavy atom. The Labute approximate surface area is 128 Å². The Morgan fingerprint density at radius 3 is 2.32 bits per heavy atom. The van der Waals surface area contributed by atoms with Crippen LogP contribution >= 0.6 is 0 Å². The molecular weight excluding hydrogens is 272 g/mol. The van der Waals surface area contributed by atoms with Crippen molar-refractivity contribution in [2.24, 2.45) is 0 Å². The summed E-state index contributed by atoms with van der Waals surface area (Å²) in [6.07, 6.45) is 0. The van der Waals surface area contributed by atoms with Gasteiger partial charge in [0.15, 0.2) is 5.76 Å². The van der Waals surface area contributed by atoms with E-state index in [-0.39, 0.29) is 0 Å². The van der Waals surface area contributed by atoms with Gasteiger partial charge in [-0.25, -0.2) is 4.98 Å². The van der Waals surface area contributed by atoms with Crippen LogP contribution in [0.25, 0.3) is 33.8 Å². The first-order valence-electron chi connectivity index (χ1n) is 7.21. The molecule has 22 heavy (non-hydrogen) atoms. The summed E-state index contributed by atoms with van der Waals surface area (Å²) < 4.78 is 5.52. The number of nitrogens with zero attached hydrogens (tertiary/aromatic N) is 2. The molecule has 1 aromatic heterocycles. The third-order valence-electron chi connectivity index (χ3n) is 3.68. The van der Waals surface area contributed by atoms with Crippen LogP contribution in [0, 0.1) is 6.92 Å². The molecule has 4 rings (SSSR count). The molecule has 0 fully saturated rings. The highest BCUT2D eigenvalue weighted by Gasteiger charge is 2.22. The number of aryl methyl sites for hydroxylation is 1. The molecule has 2 aromatic rings. The van der Waals surface area contributed by atoms with Crippen LogP contribution in [0.2, 0.25) is 0 Å². The molecule has 3 nitrogen and oxygen atoms in total. The van der Waals surface area contributed by atoms with E-state index in [1.165, 1.54) is 0 Å². The molecule has 2 heterocycles. The van der Waals surface area contributed by atoms with Gasteiger partial charge in [0, 0.05) is 17.2 Å². The normalized spacial score (nSPS) is 11.0. The SMILES string of the molecule is Cc1cc(-c2c3cccccc-3nc2-c2ccccc2)on1. The first-order valence-corrected chi connectivity index (χ1v) is 7.21. The molecule has 0 unspecified atom stereocenters. The van der Waals surface area contributed by atoms with Gasteiger partial charge >= 0.3 is 0 Å². The van der Waals surface area contributed by atoms with Crippen LogP contribution in [0.4, 0.5) is 0 Å². The van der Waals surface area contributed by atoms with Gasteiger partial charge in [-0.1, -0.05) is 59.8 Å².